The van der Waals surface area contributed by atoms with Crippen molar-refractivity contribution in [3.8, 4) is 0 Å². The number of rotatable bonds is 4. The lowest BCUT2D eigenvalue weighted by molar-refractivity contribution is -0.145. The van der Waals surface area contributed by atoms with Crippen molar-refractivity contribution in [1.29, 1.82) is 0 Å². The maximum absolute atomic E-state index is 14.2. The molecule has 3 fully saturated rings. The second-order valence-corrected chi connectivity index (χ2v) is 13.2. The van der Waals surface area contributed by atoms with Gasteiger partial charge in [0, 0.05) is 38.3 Å². The molecule has 5 atom stereocenters. The highest BCUT2D eigenvalue weighted by molar-refractivity contribution is 5.96. The summed E-state index contributed by atoms with van der Waals surface area (Å²) in [6, 6.07) is 5.84. The number of amides is 4. The van der Waals surface area contributed by atoms with Crippen molar-refractivity contribution < 1.29 is 43.3 Å². The lowest BCUT2D eigenvalue weighted by atomic mass is 10.0. The SMILES string of the molecule is O=C(N[C@H]1CCCCC/C=C/[C@@H]2C[C@@]2(C(=O)O)NC(=O)[C@@H]2C[C@@H](OC(=O)N3CCc4ccccc4C3)CN2C1=O)OC1CCOCC1. The molecule has 4 aliphatic heterocycles. The molecule has 5 aliphatic rings. The number of fused-ring (bicyclic) bond motifs is 3. The van der Waals surface area contributed by atoms with Crippen LogP contribution in [0.5, 0.6) is 0 Å². The van der Waals surface area contributed by atoms with Gasteiger partial charge in [-0.2, -0.15) is 0 Å². The van der Waals surface area contributed by atoms with Crippen molar-refractivity contribution >= 4 is 30.0 Å². The minimum Gasteiger partial charge on any atom is -0.479 e. The number of benzene rings is 1. The van der Waals surface area contributed by atoms with Gasteiger partial charge >= 0.3 is 18.2 Å². The number of nitrogens with one attached hydrogen (secondary N) is 2. The monoisotopic (exact) mass is 652 g/mol. The van der Waals surface area contributed by atoms with Gasteiger partial charge in [0.05, 0.1) is 19.8 Å². The molecule has 0 unspecified atom stereocenters. The van der Waals surface area contributed by atoms with Crippen LogP contribution in [-0.4, -0.2) is 101 Å². The van der Waals surface area contributed by atoms with Crippen LogP contribution in [0.25, 0.3) is 0 Å². The smallest absolute Gasteiger partial charge is 0.410 e. The highest BCUT2D eigenvalue weighted by Gasteiger charge is 2.61. The average Bonchev–Trinajstić information content (AvgIpc) is 3.60. The Bertz CT molecular complexity index is 1400. The van der Waals surface area contributed by atoms with E-state index in [1.807, 2.05) is 36.4 Å². The van der Waals surface area contributed by atoms with E-state index in [1.54, 1.807) is 4.90 Å². The van der Waals surface area contributed by atoms with Crippen molar-refractivity contribution in [2.75, 3.05) is 26.3 Å². The average molecular weight is 653 g/mol. The number of carbonyl (C=O) groups is 5. The van der Waals surface area contributed by atoms with Crippen LogP contribution in [0.1, 0.15) is 68.9 Å². The van der Waals surface area contributed by atoms with Gasteiger partial charge in [-0.05, 0) is 43.2 Å². The molecule has 6 rings (SSSR count). The van der Waals surface area contributed by atoms with Gasteiger partial charge in [0.25, 0.3) is 0 Å². The zero-order valence-corrected chi connectivity index (χ0v) is 26.6. The molecular formula is C34H44N4O9. The van der Waals surface area contributed by atoms with Gasteiger partial charge in [0.1, 0.15) is 29.8 Å². The molecule has 0 aromatic heterocycles. The molecule has 3 N–H and O–H groups in total. The number of carboxylic acids is 1. The van der Waals surface area contributed by atoms with Gasteiger partial charge < -0.3 is 39.8 Å². The van der Waals surface area contributed by atoms with Crippen LogP contribution in [0.2, 0.25) is 0 Å². The number of nitrogens with zero attached hydrogens (tertiary/aromatic N) is 2. The van der Waals surface area contributed by atoms with E-state index in [-0.39, 0.29) is 31.4 Å². The fourth-order valence-electron chi connectivity index (χ4n) is 7.14. The Morgan fingerprint density at radius 3 is 2.57 bits per heavy atom. The molecule has 1 aromatic carbocycles. The van der Waals surface area contributed by atoms with Crippen molar-refractivity contribution in [3.05, 3.63) is 47.5 Å². The van der Waals surface area contributed by atoms with Crippen molar-refractivity contribution in [3.63, 3.8) is 0 Å². The van der Waals surface area contributed by atoms with Gasteiger partial charge in [-0.25, -0.2) is 14.4 Å². The molecular weight excluding hydrogens is 608 g/mol. The number of ether oxygens (including phenoxy) is 3. The third kappa shape index (κ3) is 7.55. The molecule has 1 aromatic rings. The first kappa shape index (κ1) is 32.8. The largest absolute Gasteiger partial charge is 0.479 e. The van der Waals surface area contributed by atoms with E-state index in [0.717, 1.165) is 24.8 Å². The van der Waals surface area contributed by atoms with Gasteiger partial charge in [0.2, 0.25) is 11.8 Å². The van der Waals surface area contributed by atoms with Crippen LogP contribution < -0.4 is 10.6 Å². The Kier molecular flexibility index (Phi) is 10.00. The third-order valence-electron chi connectivity index (χ3n) is 10.0. The summed E-state index contributed by atoms with van der Waals surface area (Å²) in [5, 5.41) is 15.6. The highest BCUT2D eigenvalue weighted by Crippen LogP contribution is 2.45. The Morgan fingerprint density at radius 1 is 1.00 bits per heavy atom. The Morgan fingerprint density at radius 2 is 1.79 bits per heavy atom. The standard InChI is InChI=1S/C34H44N4O9/c39-29-28-18-26(47-33(44)37-15-12-22-8-6-7-9-23(22)20-37)21-38(28)30(40)27(35-32(43)46-25-13-16-45-17-14-25)11-5-3-1-2-4-10-24-19-34(24,36-29)31(41)42/h4,6-10,24-28H,1-3,5,11-21H2,(H,35,43)(H,36,39)(H,41,42)/b10-4+/t24-,26-,27+,28+,34-/m1/s1. The van der Waals surface area contributed by atoms with Crippen molar-refractivity contribution in [2.45, 2.75) is 101 Å². The summed E-state index contributed by atoms with van der Waals surface area (Å²) in [6.45, 7) is 1.78. The zero-order valence-electron chi connectivity index (χ0n) is 26.6. The summed E-state index contributed by atoms with van der Waals surface area (Å²) < 4.78 is 16.8. The molecule has 0 spiro atoms. The summed E-state index contributed by atoms with van der Waals surface area (Å²) in [5.41, 5.74) is 0.766. The zero-order chi connectivity index (χ0) is 33.0. The van der Waals surface area contributed by atoms with Crippen molar-refractivity contribution in [2.24, 2.45) is 5.92 Å². The van der Waals surface area contributed by atoms with Crippen LogP contribution in [0, 0.1) is 5.92 Å². The summed E-state index contributed by atoms with van der Waals surface area (Å²) in [4.78, 5) is 69.6. The molecule has 13 nitrogen and oxygen atoms in total. The second-order valence-electron chi connectivity index (χ2n) is 13.2. The number of allylic oxidation sites excluding steroid dienone is 1. The van der Waals surface area contributed by atoms with E-state index in [9.17, 15) is 29.1 Å². The molecule has 1 aliphatic carbocycles. The summed E-state index contributed by atoms with van der Waals surface area (Å²) >= 11 is 0. The van der Waals surface area contributed by atoms with Gasteiger partial charge in [-0.15, -0.1) is 0 Å². The molecule has 254 valence electrons. The minimum atomic E-state index is -1.45. The summed E-state index contributed by atoms with van der Waals surface area (Å²) in [6.07, 6.45) is 6.83. The number of alkyl carbamates (subject to hydrolysis) is 1. The first-order valence-corrected chi connectivity index (χ1v) is 16.8. The maximum atomic E-state index is 14.2. The second kappa shape index (κ2) is 14.3. The number of aliphatic carboxylic acids is 1. The van der Waals surface area contributed by atoms with E-state index in [0.29, 0.717) is 58.4 Å². The van der Waals surface area contributed by atoms with Crippen LogP contribution >= 0.6 is 0 Å². The van der Waals surface area contributed by atoms with Crippen LogP contribution in [0.15, 0.2) is 36.4 Å². The van der Waals surface area contributed by atoms with E-state index in [2.05, 4.69) is 10.6 Å². The maximum Gasteiger partial charge on any atom is 0.410 e. The highest BCUT2D eigenvalue weighted by atomic mass is 16.6. The molecule has 13 heteroatoms. The lowest BCUT2D eigenvalue weighted by Gasteiger charge is -2.30. The molecule has 4 heterocycles. The van der Waals surface area contributed by atoms with Crippen LogP contribution in [0.3, 0.4) is 0 Å². The first-order chi connectivity index (χ1) is 22.7. The number of carbonyl (C=O) groups excluding carboxylic acids is 4. The first-order valence-electron chi connectivity index (χ1n) is 16.8. The fourth-order valence-corrected chi connectivity index (χ4v) is 7.14. The van der Waals surface area contributed by atoms with Gasteiger partial charge in [0.15, 0.2) is 0 Å². The van der Waals surface area contributed by atoms with Crippen molar-refractivity contribution in [1.82, 2.24) is 20.4 Å². The predicted molar refractivity (Wildman–Crippen MR) is 167 cm³/mol. The number of carboxylic acid groups (broad SMARTS) is 1. The van der Waals surface area contributed by atoms with Gasteiger partial charge in [-0.3, -0.25) is 9.59 Å². The topological polar surface area (TPSA) is 164 Å². The predicted octanol–water partition coefficient (Wildman–Crippen LogP) is 2.90. The summed E-state index contributed by atoms with van der Waals surface area (Å²) in [7, 11) is 0. The third-order valence-corrected chi connectivity index (χ3v) is 10.0. The Hall–Kier alpha value is -4.13. The van der Waals surface area contributed by atoms with Gasteiger partial charge in [-0.1, -0.05) is 49.3 Å². The minimum absolute atomic E-state index is 0.00316. The molecule has 47 heavy (non-hydrogen) atoms. The molecule has 1 saturated carbocycles. The molecule has 4 amide bonds. The van der Waals surface area contributed by atoms with E-state index >= 15 is 0 Å². The summed E-state index contributed by atoms with van der Waals surface area (Å²) in [5.74, 6) is -2.61. The normalized spacial score (nSPS) is 30.7. The van der Waals surface area contributed by atoms with E-state index < -0.39 is 53.7 Å². The molecule has 0 bridgehead atoms. The molecule has 0 radical (unpaired) electrons. The number of hydrogen-bond donors (Lipinski definition) is 3. The van der Waals surface area contributed by atoms with E-state index in [1.165, 1.54) is 10.5 Å². The van der Waals surface area contributed by atoms with Crippen LogP contribution in [-0.2, 0) is 41.6 Å². The Labute approximate surface area is 273 Å². The van der Waals surface area contributed by atoms with Crippen LogP contribution in [0.4, 0.5) is 9.59 Å². The number of hydrogen-bond acceptors (Lipinski definition) is 8. The fraction of sp³-hybridized carbons (Fsp3) is 0.618. The quantitative estimate of drug-likeness (QED) is 0.415. The Balaban J connectivity index is 1.20. The lowest BCUT2D eigenvalue weighted by Crippen LogP contribution is -2.56. The molecule has 2 saturated heterocycles. The van der Waals surface area contributed by atoms with E-state index in [4.69, 9.17) is 14.2 Å².